The number of aromatic nitrogens is 1. The summed E-state index contributed by atoms with van der Waals surface area (Å²) >= 11 is 12.3. The minimum absolute atomic E-state index is 0.143. The molecule has 0 spiro atoms. The van der Waals surface area contributed by atoms with Gasteiger partial charge in [-0.1, -0.05) is 54.4 Å². The van der Waals surface area contributed by atoms with Crippen molar-refractivity contribution in [3.63, 3.8) is 0 Å². The van der Waals surface area contributed by atoms with Gasteiger partial charge in [0.2, 0.25) is 0 Å². The molecular weight excluding hydrogens is 331 g/mol. The van der Waals surface area contributed by atoms with Gasteiger partial charge in [-0.2, -0.15) is 0 Å². The molecule has 1 amide bonds. The van der Waals surface area contributed by atoms with Crippen LogP contribution in [0.3, 0.4) is 0 Å². The van der Waals surface area contributed by atoms with Gasteiger partial charge in [0.25, 0.3) is 5.91 Å². The number of aromatic amines is 1. The van der Waals surface area contributed by atoms with E-state index >= 15 is 0 Å². The molecule has 0 bridgehead atoms. The number of halogens is 2. The minimum Gasteiger partial charge on any atom is -0.348 e. The van der Waals surface area contributed by atoms with Gasteiger partial charge in [-0.3, -0.25) is 4.79 Å². The van der Waals surface area contributed by atoms with Crippen LogP contribution in [-0.2, 0) is 13.0 Å². The van der Waals surface area contributed by atoms with Gasteiger partial charge in [0, 0.05) is 28.0 Å². The second-order valence-electron chi connectivity index (χ2n) is 5.31. The van der Waals surface area contributed by atoms with Crippen LogP contribution in [0.4, 0.5) is 0 Å². The molecule has 3 rings (SSSR count). The number of H-pyrrole nitrogens is 1. The monoisotopic (exact) mass is 346 g/mol. The second kappa shape index (κ2) is 6.65. The Labute approximate surface area is 144 Å². The summed E-state index contributed by atoms with van der Waals surface area (Å²) < 4.78 is 0. The number of amides is 1. The van der Waals surface area contributed by atoms with Crippen LogP contribution in [0.2, 0.25) is 10.2 Å². The molecule has 2 N–H and O–H groups in total. The molecular formula is C18H16Cl2N2O. The van der Waals surface area contributed by atoms with E-state index in [1.165, 1.54) is 0 Å². The molecule has 3 aromatic rings. The van der Waals surface area contributed by atoms with Gasteiger partial charge in [-0.25, -0.2) is 0 Å². The van der Waals surface area contributed by atoms with Crippen LogP contribution in [0.25, 0.3) is 10.9 Å². The van der Waals surface area contributed by atoms with Gasteiger partial charge >= 0.3 is 0 Å². The minimum atomic E-state index is -0.143. The van der Waals surface area contributed by atoms with E-state index in [-0.39, 0.29) is 5.91 Å². The number of carbonyl (C=O) groups is 1. The first kappa shape index (κ1) is 15.9. The first-order valence-electron chi connectivity index (χ1n) is 7.42. The summed E-state index contributed by atoms with van der Waals surface area (Å²) in [5, 5.41) is 5.22. The largest absolute Gasteiger partial charge is 0.348 e. The lowest BCUT2D eigenvalue weighted by Gasteiger charge is -2.07. The summed E-state index contributed by atoms with van der Waals surface area (Å²) in [6.07, 6.45) is 0.844. The maximum absolute atomic E-state index is 12.3. The van der Waals surface area contributed by atoms with Gasteiger partial charge in [0.15, 0.2) is 0 Å². The van der Waals surface area contributed by atoms with E-state index in [9.17, 15) is 4.79 Å². The quantitative estimate of drug-likeness (QED) is 0.688. The van der Waals surface area contributed by atoms with E-state index in [0.29, 0.717) is 22.3 Å². The van der Waals surface area contributed by atoms with E-state index in [4.69, 9.17) is 23.2 Å². The average Bonchev–Trinajstić information content (AvgIpc) is 2.87. The van der Waals surface area contributed by atoms with Crippen molar-refractivity contribution in [2.75, 3.05) is 0 Å². The fourth-order valence-electron chi connectivity index (χ4n) is 2.63. The lowest BCUT2D eigenvalue weighted by molar-refractivity contribution is 0.0951. The van der Waals surface area contributed by atoms with Crippen LogP contribution >= 0.6 is 23.2 Å². The number of benzene rings is 2. The highest BCUT2D eigenvalue weighted by atomic mass is 35.5. The normalized spacial score (nSPS) is 10.9. The van der Waals surface area contributed by atoms with Gasteiger partial charge in [-0.15, -0.1) is 0 Å². The Kier molecular flexibility index (Phi) is 4.60. The smallest absolute Gasteiger partial charge is 0.251 e. The number of nitrogens with one attached hydrogen (secondary N) is 2. The van der Waals surface area contributed by atoms with Crippen molar-refractivity contribution in [1.29, 1.82) is 0 Å². The predicted molar refractivity (Wildman–Crippen MR) is 95.3 cm³/mol. The molecule has 0 aliphatic heterocycles. The Morgan fingerprint density at radius 2 is 1.96 bits per heavy atom. The number of aryl methyl sites for hydroxylation is 1. The summed E-state index contributed by atoms with van der Waals surface area (Å²) in [5.74, 6) is -0.143. The van der Waals surface area contributed by atoms with Crippen molar-refractivity contribution in [3.8, 4) is 0 Å². The van der Waals surface area contributed by atoms with E-state index in [1.54, 1.807) is 0 Å². The van der Waals surface area contributed by atoms with E-state index in [1.807, 2.05) is 42.5 Å². The molecule has 0 aliphatic rings. The number of hydrogen-bond acceptors (Lipinski definition) is 1. The molecule has 0 unspecified atom stereocenters. The van der Waals surface area contributed by atoms with Crippen molar-refractivity contribution >= 4 is 40.0 Å². The van der Waals surface area contributed by atoms with Gasteiger partial charge in [0.1, 0.15) is 5.15 Å². The summed E-state index contributed by atoms with van der Waals surface area (Å²) in [7, 11) is 0. The maximum atomic E-state index is 12.3. The molecule has 1 aromatic heterocycles. The topological polar surface area (TPSA) is 44.9 Å². The van der Waals surface area contributed by atoms with Crippen molar-refractivity contribution in [1.82, 2.24) is 10.3 Å². The summed E-state index contributed by atoms with van der Waals surface area (Å²) in [6, 6.07) is 13.0. The maximum Gasteiger partial charge on any atom is 0.251 e. The van der Waals surface area contributed by atoms with Crippen molar-refractivity contribution in [2.45, 2.75) is 19.9 Å². The third kappa shape index (κ3) is 3.21. The molecule has 118 valence electrons. The molecule has 0 radical (unpaired) electrons. The molecule has 5 heteroatoms. The van der Waals surface area contributed by atoms with Crippen LogP contribution in [0.5, 0.6) is 0 Å². The molecule has 3 nitrogen and oxygen atoms in total. The lowest BCUT2D eigenvalue weighted by Crippen LogP contribution is -2.22. The van der Waals surface area contributed by atoms with Gasteiger partial charge in [-0.05, 0) is 35.7 Å². The fraction of sp³-hybridized carbons (Fsp3) is 0.167. The Hall–Kier alpha value is -1.97. The average molecular weight is 347 g/mol. The van der Waals surface area contributed by atoms with Crippen LogP contribution in [0.15, 0.2) is 42.5 Å². The van der Waals surface area contributed by atoms with E-state index < -0.39 is 0 Å². The van der Waals surface area contributed by atoms with Crippen LogP contribution in [-0.4, -0.2) is 10.9 Å². The molecule has 1 heterocycles. The molecule has 0 atom stereocenters. The SMILES string of the molecule is CCc1c(Cl)[nH]c2cc(C(=O)NCc3ccccc3Cl)ccc12. The van der Waals surface area contributed by atoms with E-state index in [0.717, 1.165) is 28.5 Å². The second-order valence-corrected chi connectivity index (χ2v) is 6.09. The Balaban J connectivity index is 1.80. The Morgan fingerprint density at radius 3 is 2.70 bits per heavy atom. The number of carbonyl (C=O) groups excluding carboxylic acids is 1. The highest BCUT2D eigenvalue weighted by molar-refractivity contribution is 6.32. The lowest BCUT2D eigenvalue weighted by atomic mass is 10.1. The third-order valence-electron chi connectivity index (χ3n) is 3.87. The zero-order valence-corrected chi connectivity index (χ0v) is 14.1. The zero-order chi connectivity index (χ0) is 16.4. The molecule has 23 heavy (non-hydrogen) atoms. The van der Waals surface area contributed by atoms with Crippen molar-refractivity contribution < 1.29 is 4.79 Å². The number of hydrogen-bond donors (Lipinski definition) is 2. The predicted octanol–water partition coefficient (Wildman–Crippen LogP) is 4.97. The first-order valence-corrected chi connectivity index (χ1v) is 8.17. The van der Waals surface area contributed by atoms with Gasteiger partial charge in [0.05, 0.1) is 0 Å². The van der Waals surface area contributed by atoms with Crippen LogP contribution < -0.4 is 5.32 Å². The molecule has 2 aromatic carbocycles. The molecule has 0 fully saturated rings. The standard InChI is InChI=1S/C18H16Cl2N2O/c1-2-13-14-8-7-11(9-16(14)22-17(13)20)18(23)21-10-12-5-3-4-6-15(12)19/h3-9,22H,2,10H2,1H3,(H,21,23). The Bertz CT molecular complexity index is 871. The first-order chi connectivity index (χ1) is 11.1. The third-order valence-corrected chi connectivity index (χ3v) is 4.56. The fourth-order valence-corrected chi connectivity index (χ4v) is 3.17. The van der Waals surface area contributed by atoms with Crippen molar-refractivity contribution in [2.24, 2.45) is 0 Å². The van der Waals surface area contributed by atoms with Crippen molar-refractivity contribution in [3.05, 3.63) is 69.3 Å². The summed E-state index contributed by atoms with van der Waals surface area (Å²) in [4.78, 5) is 15.5. The molecule has 0 saturated heterocycles. The highest BCUT2D eigenvalue weighted by Crippen LogP contribution is 2.27. The Morgan fingerprint density at radius 1 is 1.17 bits per heavy atom. The van der Waals surface area contributed by atoms with Crippen LogP contribution in [0.1, 0.15) is 28.4 Å². The number of fused-ring (bicyclic) bond motifs is 1. The summed E-state index contributed by atoms with van der Waals surface area (Å²) in [6.45, 7) is 2.45. The van der Waals surface area contributed by atoms with E-state index in [2.05, 4.69) is 17.2 Å². The van der Waals surface area contributed by atoms with Crippen LogP contribution in [0, 0.1) is 0 Å². The highest BCUT2D eigenvalue weighted by Gasteiger charge is 2.12. The zero-order valence-electron chi connectivity index (χ0n) is 12.6. The summed E-state index contributed by atoms with van der Waals surface area (Å²) in [5.41, 5.74) is 3.42. The number of rotatable bonds is 4. The van der Waals surface area contributed by atoms with Gasteiger partial charge < -0.3 is 10.3 Å². The molecule has 0 aliphatic carbocycles. The molecule has 0 saturated carbocycles.